The topological polar surface area (TPSA) is 170 Å². The summed E-state index contributed by atoms with van der Waals surface area (Å²) in [4.78, 5) is 53.1. The van der Waals surface area contributed by atoms with E-state index in [0.717, 1.165) is 47.3 Å². The van der Waals surface area contributed by atoms with Crippen molar-refractivity contribution >= 4 is 52.6 Å². The Bertz CT molecular complexity index is 3380. The number of rotatable bonds is 8. The molecule has 8 rings (SSSR count). The second kappa shape index (κ2) is 33.9. The van der Waals surface area contributed by atoms with Gasteiger partial charge in [-0.3, -0.25) is 23.3 Å². The minimum absolute atomic E-state index is 0.0295. The predicted molar refractivity (Wildman–Crippen MR) is 319 cm³/mol. The predicted octanol–water partition coefficient (Wildman–Crippen LogP) is 8.13. The molecule has 2 aromatic carbocycles. The van der Waals surface area contributed by atoms with Gasteiger partial charge in [0.25, 0.3) is 6.01 Å². The smallest absolute Gasteiger partial charge is 0.466 e. The van der Waals surface area contributed by atoms with Crippen LogP contribution in [0, 0.1) is 118 Å². The van der Waals surface area contributed by atoms with E-state index in [4.69, 9.17) is 35.2 Å². The molecule has 1 amide bonds. The summed E-state index contributed by atoms with van der Waals surface area (Å²) in [6.07, 6.45) is 13.8. The molecule has 0 bridgehead atoms. The van der Waals surface area contributed by atoms with E-state index >= 15 is 0 Å². The van der Waals surface area contributed by atoms with Crippen molar-refractivity contribution in [3.05, 3.63) is 71.8 Å². The van der Waals surface area contributed by atoms with E-state index in [-0.39, 0.29) is 49.2 Å². The molecule has 1 saturated heterocycles. The van der Waals surface area contributed by atoms with Crippen molar-refractivity contribution < 1.29 is 38.3 Å². The number of aromatic nitrogens is 3. The van der Waals surface area contributed by atoms with Crippen LogP contribution in [0.1, 0.15) is 129 Å². The fraction of sp³-hybridized carbons (Fsp3) is 0.409. The second-order valence-corrected chi connectivity index (χ2v) is 20.2. The molecule has 81 heavy (non-hydrogen) atoms. The number of Topliss-reactive ketones (excluding diaryl/α,β-unsaturated/α-hetero) is 1. The molecule has 0 unspecified atom stereocenters. The van der Waals surface area contributed by atoms with Gasteiger partial charge >= 0.3 is 13.1 Å². The number of amides is 1. The summed E-state index contributed by atoms with van der Waals surface area (Å²) in [6, 6.07) is 13.9. The van der Waals surface area contributed by atoms with Crippen molar-refractivity contribution in [2.45, 2.75) is 142 Å². The van der Waals surface area contributed by atoms with Crippen molar-refractivity contribution in [3.63, 3.8) is 0 Å². The second-order valence-electron chi connectivity index (χ2n) is 19.4. The third-order valence-corrected chi connectivity index (χ3v) is 14.5. The number of nitrogens with two attached hydrogens (primary N) is 1. The van der Waals surface area contributed by atoms with Gasteiger partial charge in [-0.05, 0) is 191 Å². The maximum atomic E-state index is 14.2. The fourth-order valence-electron chi connectivity index (χ4n) is 9.64. The van der Waals surface area contributed by atoms with Crippen molar-refractivity contribution in [1.29, 1.82) is 0 Å². The number of halogens is 1. The van der Waals surface area contributed by atoms with Gasteiger partial charge in [0.2, 0.25) is 5.91 Å². The van der Waals surface area contributed by atoms with Gasteiger partial charge in [0, 0.05) is 35.7 Å². The monoisotopic (exact) mass is 1100 g/mol. The summed E-state index contributed by atoms with van der Waals surface area (Å²) in [5, 5.41) is 20.3. The lowest BCUT2D eigenvalue weighted by Gasteiger charge is -2.27. The molecule has 0 spiro atoms. The first-order valence-electron chi connectivity index (χ1n) is 27.1. The molecule has 4 heterocycles. The highest BCUT2D eigenvalue weighted by atomic mass is 32.1. The van der Waals surface area contributed by atoms with Gasteiger partial charge in [-0.1, -0.05) is 86.1 Å². The summed E-state index contributed by atoms with van der Waals surface area (Å²) in [5.41, 5.74) is 10.1. The lowest BCUT2D eigenvalue weighted by atomic mass is 9.81. The van der Waals surface area contributed by atoms with E-state index in [1.165, 1.54) is 31.4 Å². The number of thiazole rings is 1. The van der Waals surface area contributed by atoms with Crippen LogP contribution in [-0.2, 0) is 19.1 Å². The summed E-state index contributed by atoms with van der Waals surface area (Å²) in [6.45, 7) is 9.87. The molecule has 4 aliphatic rings. The molecule has 3 fully saturated rings. The molecule has 15 heteroatoms. The molecule has 4 aromatic rings. The zero-order valence-corrected chi connectivity index (χ0v) is 47.7. The van der Waals surface area contributed by atoms with Crippen LogP contribution < -0.4 is 15.9 Å². The van der Waals surface area contributed by atoms with Crippen LogP contribution >= 0.6 is 11.3 Å². The Morgan fingerprint density at radius 1 is 0.815 bits per heavy atom. The first-order valence-corrected chi connectivity index (χ1v) is 28.0. The third kappa shape index (κ3) is 18.9. The fourth-order valence-corrected chi connectivity index (χ4v) is 10.6. The van der Waals surface area contributed by atoms with Crippen LogP contribution in [0.2, 0.25) is 0 Å². The average molecular weight is 1100 g/mol. The maximum Gasteiger partial charge on any atom is 0.488 e. The quantitative estimate of drug-likeness (QED) is 0.0678. The van der Waals surface area contributed by atoms with Gasteiger partial charge in [-0.25, -0.2) is 4.98 Å². The molecule has 4 N–H and O–H groups in total. The standard InChI is InChI=1S/C39H51N5O5S.C20H6.C6H7BO2.CH3F/c1-4-48-37(47)39-20-26(39)15-8-6-5-7-9-17-29(40)36(46)43-22-27(19-32(43)33(45)21-39)49-38-42-34-28(16-12-18-31(34)44(38)24(2)3)35-41-30(23-50-35)25-13-10-11-14-25;1-3-5-7-9-11-13-15-17-19-20-18-16-14-12-10-8-6-4-2;8-7(9)6-4-2-1-3-5-6;1-2/h8,12,15-16,18,23-27,29,32H,4-7,9-11,13-14,17,19-22,40H2,1-3H3;1-2H3;1-5,8-9H;1H3/b15-8-;;;/t26-,27-,29+,32+,39-;;;/m1.../s1. The number of ether oxygens (including phenoxy) is 2. The van der Waals surface area contributed by atoms with E-state index < -0.39 is 30.7 Å². The minimum atomic E-state index is -1.34. The summed E-state index contributed by atoms with van der Waals surface area (Å²) in [7, 11) is -0.841. The third-order valence-electron chi connectivity index (χ3n) is 13.6. The van der Waals surface area contributed by atoms with Crippen molar-refractivity contribution in [3.8, 4) is 123 Å². The van der Waals surface area contributed by atoms with Crippen LogP contribution in [0.15, 0.2) is 66.1 Å². The number of fused-ring (bicyclic) bond motifs is 3. The van der Waals surface area contributed by atoms with Crippen LogP contribution in [0.3, 0.4) is 0 Å². The number of benzene rings is 2. The maximum absolute atomic E-state index is 14.2. The number of nitrogens with zero attached hydrogens (tertiary/aromatic N) is 4. The molecular weight excluding hydrogens is 1040 g/mol. The van der Waals surface area contributed by atoms with Gasteiger partial charge < -0.3 is 30.2 Å². The Kier molecular flexibility index (Phi) is 26.6. The summed E-state index contributed by atoms with van der Waals surface area (Å²) >= 11 is 1.67. The lowest BCUT2D eigenvalue weighted by molar-refractivity contribution is -0.152. The van der Waals surface area contributed by atoms with E-state index in [1.807, 2.05) is 12.1 Å². The Morgan fingerprint density at radius 2 is 1.41 bits per heavy atom. The molecule has 2 aliphatic heterocycles. The Labute approximate surface area is 482 Å². The highest BCUT2D eigenvalue weighted by Crippen LogP contribution is 2.57. The van der Waals surface area contributed by atoms with E-state index in [0.29, 0.717) is 43.8 Å². The number of hydrogen-bond acceptors (Lipinski definition) is 11. The van der Waals surface area contributed by atoms with Crippen molar-refractivity contribution in [2.75, 3.05) is 20.3 Å². The number of hydrogen-bond donors (Lipinski definition) is 3. The first kappa shape index (κ1) is 63.4. The van der Waals surface area contributed by atoms with Gasteiger partial charge in [0.05, 0.1) is 49.0 Å². The first-order chi connectivity index (χ1) is 39.4. The summed E-state index contributed by atoms with van der Waals surface area (Å²) < 4.78 is 23.8. The Balaban J connectivity index is 0.000000320. The van der Waals surface area contributed by atoms with Crippen LogP contribution in [0.4, 0.5) is 4.39 Å². The molecule has 0 radical (unpaired) electrons. The highest BCUT2D eigenvalue weighted by molar-refractivity contribution is 7.13. The molecule has 2 aliphatic carbocycles. The van der Waals surface area contributed by atoms with E-state index in [1.54, 1.807) is 61.3 Å². The normalized spacial score (nSPS) is 19.8. The molecule has 414 valence electrons. The van der Waals surface area contributed by atoms with Gasteiger partial charge in [-0.15, -0.1) is 11.3 Å². The number of esters is 1. The molecule has 12 nitrogen and oxygen atoms in total. The van der Waals surface area contributed by atoms with Gasteiger partial charge in [0.1, 0.15) is 16.6 Å². The number of para-hydroxylation sites is 1. The zero-order chi connectivity index (χ0) is 58.4. The minimum Gasteiger partial charge on any atom is -0.466 e. The van der Waals surface area contributed by atoms with Crippen LogP contribution in [0.25, 0.3) is 21.6 Å². The zero-order valence-electron chi connectivity index (χ0n) is 46.9. The number of imidazole rings is 1. The SMILES string of the molecule is CC#CC#CC#CC#CC#CC#CC#CC#CC#CC.CCOC(=O)[C@]12CC(=O)[C@@H]3C[C@@H](Oc4nc5c(-c6nc(C7CCCC7)cs6)cccc5n4C(C)C)CN3C(=O)[C@@H](N)CCCCC/C=C\[C@@H]1C2.CF.OB(O)c1ccccc1. The summed E-state index contributed by atoms with van der Waals surface area (Å²) in [5.74, 6) is 45.4. The van der Waals surface area contributed by atoms with Crippen LogP contribution in [0.5, 0.6) is 6.01 Å². The number of alkyl halides is 1. The van der Waals surface area contributed by atoms with E-state index in [2.05, 4.69) is 155 Å². The molecule has 2 aromatic heterocycles. The lowest BCUT2D eigenvalue weighted by Crippen LogP contribution is -2.49. The van der Waals surface area contributed by atoms with Gasteiger partial charge in [0.15, 0.2) is 5.78 Å². The molecular formula is C66H67BFN5O7S. The Morgan fingerprint density at radius 3 is 1.96 bits per heavy atom. The largest absolute Gasteiger partial charge is 0.488 e. The molecule has 5 atom stereocenters. The number of allylic oxidation sites excluding steroid dienone is 2. The average Bonchev–Trinajstić information content (AvgIpc) is 2.94. The number of ketones is 1. The van der Waals surface area contributed by atoms with Gasteiger partial charge in [-0.2, -0.15) is 4.98 Å². The Hall–Kier alpha value is -8.40. The number of carbonyl (C=O) groups excluding carboxylic acids is 3. The van der Waals surface area contributed by atoms with Crippen molar-refractivity contribution in [1.82, 2.24) is 19.4 Å². The van der Waals surface area contributed by atoms with Crippen molar-refractivity contribution in [2.24, 2.45) is 17.1 Å². The van der Waals surface area contributed by atoms with Crippen LogP contribution in [-0.4, -0.2) is 92.8 Å². The highest BCUT2D eigenvalue weighted by Gasteiger charge is 2.61. The van der Waals surface area contributed by atoms with E-state index in [9.17, 15) is 18.8 Å². The number of carbonyl (C=O) groups is 3. The molecule has 2 saturated carbocycles.